The first kappa shape index (κ1) is 23.4. The number of alkyl halides is 3. The number of carbonyl (C=O) groups is 1. The number of rotatable bonds is 8. The Morgan fingerprint density at radius 1 is 1.33 bits per heavy atom. The summed E-state index contributed by atoms with van der Waals surface area (Å²) < 4.78 is 67.1. The van der Waals surface area contributed by atoms with Gasteiger partial charge in [-0.05, 0) is 0 Å². The monoisotopic (exact) mass is 397 g/mol. The summed E-state index contributed by atoms with van der Waals surface area (Å²) in [4.78, 5) is 12.8. The number of carbonyl (C=O) groups excluding carboxylic acids is 1. The van der Waals surface area contributed by atoms with Crippen molar-refractivity contribution in [1.82, 2.24) is 15.5 Å². The van der Waals surface area contributed by atoms with Gasteiger partial charge in [-0.3, -0.25) is 9.69 Å². The summed E-state index contributed by atoms with van der Waals surface area (Å²) in [6.07, 6.45) is -4.50. The topological polar surface area (TPSA) is 87.7 Å². The average molecular weight is 398 g/mol. The molecule has 0 saturated carbocycles. The molecule has 7 nitrogen and oxygen atoms in total. The number of hydrogen-bond acceptors (Lipinski definition) is 6. The lowest BCUT2D eigenvalue weighted by Gasteiger charge is -2.35. The molecule has 1 unspecified atom stereocenters. The number of ether oxygens (including phenoxy) is 1. The van der Waals surface area contributed by atoms with E-state index < -0.39 is 40.3 Å². The molecule has 1 heterocycles. The number of piperazine rings is 1. The van der Waals surface area contributed by atoms with E-state index in [9.17, 15) is 26.4 Å². The average Bonchev–Trinajstić information content (AvgIpc) is 2.44. The van der Waals surface area contributed by atoms with Crippen LogP contribution in [0, 0.1) is 0 Å². The molecule has 0 bridgehead atoms. The van der Waals surface area contributed by atoms with Crippen molar-refractivity contribution in [3.8, 4) is 0 Å². The molecule has 1 fully saturated rings. The molecule has 1 aliphatic heterocycles. The minimum Gasteiger partial charge on any atom is -0.384 e. The molecule has 1 atom stereocenters. The summed E-state index contributed by atoms with van der Waals surface area (Å²) in [5.41, 5.74) is 0. The van der Waals surface area contributed by atoms with Gasteiger partial charge in [0.15, 0.2) is 9.84 Å². The summed E-state index contributed by atoms with van der Waals surface area (Å²) in [7, 11) is -2.38. The van der Waals surface area contributed by atoms with E-state index in [4.69, 9.17) is 0 Å². The van der Waals surface area contributed by atoms with Gasteiger partial charge >= 0.3 is 6.18 Å². The second kappa shape index (κ2) is 10.4. The first-order chi connectivity index (χ1) is 10.7. The molecule has 24 heavy (non-hydrogen) atoms. The van der Waals surface area contributed by atoms with E-state index in [1.165, 1.54) is 12.0 Å². The highest BCUT2D eigenvalue weighted by Crippen LogP contribution is 2.24. The van der Waals surface area contributed by atoms with Crippen LogP contribution in [0.15, 0.2) is 0 Å². The highest BCUT2D eigenvalue weighted by atomic mass is 35.5. The van der Waals surface area contributed by atoms with Gasteiger partial charge in [-0.25, -0.2) is 8.42 Å². The molecule has 0 aliphatic carbocycles. The molecule has 2 N–H and O–H groups in total. The number of sulfone groups is 1. The first-order valence-electron chi connectivity index (χ1n) is 7.13. The number of halogens is 4. The lowest BCUT2D eigenvalue weighted by molar-refractivity contribution is -0.183. The minimum atomic E-state index is -4.50. The van der Waals surface area contributed by atoms with Crippen LogP contribution in [0.1, 0.15) is 0 Å². The van der Waals surface area contributed by atoms with Crippen LogP contribution in [-0.4, -0.2) is 89.4 Å². The Morgan fingerprint density at radius 2 is 1.92 bits per heavy atom. The molecule has 12 heteroatoms. The van der Waals surface area contributed by atoms with Crippen molar-refractivity contribution in [2.45, 2.75) is 12.2 Å². The van der Waals surface area contributed by atoms with Gasteiger partial charge in [-0.2, -0.15) is 13.2 Å². The van der Waals surface area contributed by atoms with Crippen molar-refractivity contribution < 1.29 is 31.1 Å². The van der Waals surface area contributed by atoms with E-state index in [0.29, 0.717) is 13.1 Å². The van der Waals surface area contributed by atoms with Crippen LogP contribution in [0.5, 0.6) is 0 Å². The van der Waals surface area contributed by atoms with Crippen molar-refractivity contribution in [1.29, 1.82) is 0 Å². The van der Waals surface area contributed by atoms with Crippen LogP contribution in [0.2, 0.25) is 0 Å². The van der Waals surface area contributed by atoms with Gasteiger partial charge in [-0.15, -0.1) is 12.4 Å². The van der Waals surface area contributed by atoms with Gasteiger partial charge in [0.2, 0.25) is 5.91 Å². The third-order valence-corrected chi connectivity index (χ3v) is 4.90. The Labute approximate surface area is 145 Å². The predicted octanol–water partition coefficient (Wildman–Crippen LogP) is -0.578. The molecular formula is C12H23ClF3N3O4S. The van der Waals surface area contributed by atoms with E-state index in [2.05, 4.69) is 15.4 Å². The zero-order chi connectivity index (χ0) is 17.5. The minimum absolute atomic E-state index is 0. The fourth-order valence-electron chi connectivity index (χ4n) is 2.19. The van der Waals surface area contributed by atoms with Crippen LogP contribution >= 0.6 is 12.4 Å². The van der Waals surface area contributed by atoms with E-state index >= 15 is 0 Å². The molecule has 0 aromatic rings. The van der Waals surface area contributed by atoms with E-state index in [1.807, 2.05) is 0 Å². The van der Waals surface area contributed by atoms with E-state index in [0.717, 1.165) is 0 Å². The predicted molar refractivity (Wildman–Crippen MR) is 85.1 cm³/mol. The Kier molecular flexibility index (Phi) is 10.1. The molecule has 1 aliphatic rings. The SMILES string of the molecule is COCCS(=O)(=O)CC(=O)NCC(N1CCNCC1)C(F)(F)F.Cl. The fourth-order valence-corrected chi connectivity index (χ4v) is 3.26. The van der Waals surface area contributed by atoms with Crippen LogP contribution in [0.25, 0.3) is 0 Å². The lowest BCUT2D eigenvalue weighted by Crippen LogP contribution is -2.57. The molecule has 1 rings (SSSR count). The van der Waals surface area contributed by atoms with Gasteiger partial charge in [0.05, 0.1) is 12.4 Å². The Hall–Kier alpha value is -0.620. The van der Waals surface area contributed by atoms with Gasteiger partial charge in [0, 0.05) is 39.8 Å². The quantitative estimate of drug-likeness (QED) is 0.570. The molecule has 0 aromatic carbocycles. The van der Waals surface area contributed by atoms with Crippen LogP contribution < -0.4 is 10.6 Å². The van der Waals surface area contributed by atoms with Gasteiger partial charge in [0.1, 0.15) is 11.8 Å². The van der Waals surface area contributed by atoms with Gasteiger partial charge in [-0.1, -0.05) is 0 Å². The number of nitrogens with one attached hydrogen (secondary N) is 2. The third-order valence-electron chi connectivity index (χ3n) is 3.41. The summed E-state index contributed by atoms with van der Waals surface area (Å²) in [5.74, 6) is -2.13. The number of amides is 1. The summed E-state index contributed by atoms with van der Waals surface area (Å²) in [6, 6.07) is -1.82. The normalized spacial score (nSPS) is 17.8. The molecule has 144 valence electrons. The summed E-state index contributed by atoms with van der Waals surface area (Å²) >= 11 is 0. The molecule has 1 amide bonds. The zero-order valence-electron chi connectivity index (χ0n) is 13.3. The fraction of sp³-hybridized carbons (Fsp3) is 0.917. The second-order valence-electron chi connectivity index (χ2n) is 5.23. The van der Waals surface area contributed by atoms with Gasteiger partial charge < -0.3 is 15.4 Å². The second-order valence-corrected chi connectivity index (χ2v) is 7.42. The van der Waals surface area contributed by atoms with E-state index in [-0.39, 0.29) is 37.9 Å². The molecule has 0 radical (unpaired) electrons. The standard InChI is InChI=1S/C12H22F3N3O4S.ClH/c1-22-6-7-23(20,21)9-11(19)17-8-10(12(13,14)15)18-4-2-16-3-5-18;/h10,16H,2-9H2,1H3,(H,17,19);1H. The van der Waals surface area contributed by atoms with Crippen molar-refractivity contribution in [3.63, 3.8) is 0 Å². The maximum absolute atomic E-state index is 13.1. The molecule has 0 aromatic heterocycles. The Balaban J connectivity index is 0.00000529. The van der Waals surface area contributed by atoms with E-state index in [1.54, 1.807) is 0 Å². The molecule has 1 saturated heterocycles. The highest BCUT2D eigenvalue weighted by Gasteiger charge is 2.43. The van der Waals surface area contributed by atoms with Crippen LogP contribution in [0.3, 0.4) is 0 Å². The zero-order valence-corrected chi connectivity index (χ0v) is 14.9. The van der Waals surface area contributed by atoms with Gasteiger partial charge in [0.25, 0.3) is 0 Å². The summed E-state index contributed by atoms with van der Waals surface area (Å²) in [6.45, 7) is 0.569. The number of methoxy groups -OCH3 is 1. The number of hydrogen-bond donors (Lipinski definition) is 2. The van der Waals surface area contributed by atoms with Crippen molar-refractivity contribution in [3.05, 3.63) is 0 Å². The van der Waals surface area contributed by atoms with Crippen LogP contribution in [-0.2, 0) is 19.4 Å². The van der Waals surface area contributed by atoms with Crippen LogP contribution in [0.4, 0.5) is 13.2 Å². The Bertz CT molecular complexity index is 484. The van der Waals surface area contributed by atoms with Crippen molar-refractivity contribution in [2.75, 3.05) is 57.9 Å². The maximum Gasteiger partial charge on any atom is 0.405 e. The smallest absolute Gasteiger partial charge is 0.384 e. The Morgan fingerprint density at radius 3 is 2.42 bits per heavy atom. The first-order valence-corrected chi connectivity index (χ1v) is 8.95. The molecule has 0 spiro atoms. The highest BCUT2D eigenvalue weighted by molar-refractivity contribution is 7.92. The lowest BCUT2D eigenvalue weighted by atomic mass is 10.2. The largest absolute Gasteiger partial charge is 0.405 e. The summed E-state index contributed by atoms with van der Waals surface area (Å²) in [5, 5.41) is 5.03. The number of nitrogens with zero attached hydrogens (tertiary/aromatic N) is 1. The molecular weight excluding hydrogens is 375 g/mol. The van der Waals surface area contributed by atoms with Crippen molar-refractivity contribution in [2.24, 2.45) is 0 Å². The van der Waals surface area contributed by atoms with Crippen molar-refractivity contribution >= 4 is 28.2 Å². The maximum atomic E-state index is 13.1. The third kappa shape index (κ3) is 8.47.